The van der Waals surface area contributed by atoms with Crippen molar-refractivity contribution in [2.45, 2.75) is 40.3 Å². The van der Waals surface area contributed by atoms with Gasteiger partial charge in [0, 0.05) is 19.3 Å². The number of nitrogens with zero attached hydrogens (tertiary/aromatic N) is 2. The van der Waals surface area contributed by atoms with Gasteiger partial charge in [0.15, 0.2) is 5.96 Å². The smallest absolute Gasteiger partial charge is 0.191 e. The summed E-state index contributed by atoms with van der Waals surface area (Å²) in [6.07, 6.45) is 2.90. The predicted molar refractivity (Wildman–Crippen MR) is 107 cm³/mol. The zero-order valence-corrected chi connectivity index (χ0v) is 16.0. The fraction of sp³-hybridized carbons (Fsp3) is 0.429. The normalized spacial score (nSPS) is 11.5. The number of hydrogen-bond acceptors (Lipinski definition) is 3. The molecule has 0 saturated carbocycles. The van der Waals surface area contributed by atoms with Crippen molar-refractivity contribution in [3.63, 3.8) is 0 Å². The molecule has 1 heterocycles. The molecule has 0 atom stereocenters. The quantitative estimate of drug-likeness (QED) is 0.532. The first-order chi connectivity index (χ1) is 12.7. The van der Waals surface area contributed by atoms with Crippen molar-refractivity contribution in [1.82, 2.24) is 15.6 Å². The lowest BCUT2D eigenvalue weighted by molar-refractivity contribution is 0.301. The van der Waals surface area contributed by atoms with Crippen LogP contribution in [0.5, 0.6) is 5.75 Å². The Morgan fingerprint density at radius 1 is 1.15 bits per heavy atom. The first-order valence-corrected chi connectivity index (χ1v) is 9.31. The minimum atomic E-state index is 0.465. The molecule has 2 rings (SSSR count). The van der Waals surface area contributed by atoms with E-state index < -0.39 is 0 Å². The minimum absolute atomic E-state index is 0.465. The first kappa shape index (κ1) is 19.8. The van der Waals surface area contributed by atoms with Crippen LogP contribution in [0.2, 0.25) is 0 Å². The highest BCUT2D eigenvalue weighted by Crippen LogP contribution is 2.15. The molecule has 0 amide bonds. The Morgan fingerprint density at radius 3 is 2.77 bits per heavy atom. The van der Waals surface area contributed by atoms with Gasteiger partial charge in [-0.25, -0.2) is 4.99 Å². The second-order valence-electron chi connectivity index (χ2n) is 6.56. The van der Waals surface area contributed by atoms with Crippen molar-refractivity contribution in [2.75, 3.05) is 13.1 Å². The molecule has 2 N–H and O–H groups in total. The molecular formula is C21H30N4O. The van der Waals surface area contributed by atoms with Gasteiger partial charge in [-0.2, -0.15) is 0 Å². The van der Waals surface area contributed by atoms with Gasteiger partial charge in [0.2, 0.25) is 0 Å². The van der Waals surface area contributed by atoms with E-state index in [4.69, 9.17) is 4.74 Å². The van der Waals surface area contributed by atoms with Crippen LogP contribution in [-0.4, -0.2) is 24.0 Å². The molecule has 26 heavy (non-hydrogen) atoms. The topological polar surface area (TPSA) is 58.5 Å². The molecule has 0 aliphatic carbocycles. The second-order valence-corrected chi connectivity index (χ2v) is 6.56. The van der Waals surface area contributed by atoms with Crippen molar-refractivity contribution in [3.05, 3.63) is 59.9 Å². The lowest BCUT2D eigenvalue weighted by Crippen LogP contribution is -2.38. The third-order valence-electron chi connectivity index (χ3n) is 3.79. The number of pyridine rings is 1. The molecule has 2 aromatic rings. The maximum absolute atomic E-state index is 5.84. The molecule has 0 fully saturated rings. The van der Waals surface area contributed by atoms with Crippen molar-refractivity contribution in [3.8, 4) is 5.75 Å². The van der Waals surface area contributed by atoms with Crippen LogP contribution in [0.15, 0.2) is 53.7 Å². The zero-order chi connectivity index (χ0) is 18.6. The van der Waals surface area contributed by atoms with E-state index in [1.54, 1.807) is 6.20 Å². The molecule has 1 aromatic carbocycles. The highest BCUT2D eigenvalue weighted by molar-refractivity contribution is 5.79. The summed E-state index contributed by atoms with van der Waals surface area (Å²) in [4.78, 5) is 8.94. The van der Waals surface area contributed by atoms with Crippen LogP contribution >= 0.6 is 0 Å². The lowest BCUT2D eigenvalue weighted by Gasteiger charge is -2.12. The molecule has 0 spiro atoms. The van der Waals surface area contributed by atoms with Crippen molar-refractivity contribution < 1.29 is 4.74 Å². The van der Waals surface area contributed by atoms with Gasteiger partial charge in [0.05, 0.1) is 12.2 Å². The first-order valence-electron chi connectivity index (χ1n) is 9.31. The van der Waals surface area contributed by atoms with E-state index in [2.05, 4.69) is 47.4 Å². The molecule has 5 heteroatoms. The van der Waals surface area contributed by atoms with Gasteiger partial charge in [-0.05, 0) is 49.1 Å². The van der Waals surface area contributed by atoms with Crippen LogP contribution < -0.4 is 15.4 Å². The van der Waals surface area contributed by atoms with Gasteiger partial charge in [-0.3, -0.25) is 4.98 Å². The summed E-state index contributed by atoms with van der Waals surface area (Å²) >= 11 is 0. The van der Waals surface area contributed by atoms with Gasteiger partial charge >= 0.3 is 0 Å². The molecule has 0 aliphatic rings. The maximum atomic E-state index is 5.84. The number of nitrogens with one attached hydrogen (secondary N) is 2. The summed E-state index contributed by atoms with van der Waals surface area (Å²) in [7, 11) is 0. The fourth-order valence-electron chi connectivity index (χ4n) is 2.37. The minimum Gasteiger partial charge on any atom is -0.487 e. The van der Waals surface area contributed by atoms with Gasteiger partial charge in [-0.15, -0.1) is 0 Å². The molecule has 5 nitrogen and oxygen atoms in total. The van der Waals surface area contributed by atoms with Crippen molar-refractivity contribution in [1.29, 1.82) is 0 Å². The number of hydrogen-bond donors (Lipinski definition) is 2. The number of guanidine groups is 1. The summed E-state index contributed by atoms with van der Waals surface area (Å²) < 4.78 is 5.84. The second kappa shape index (κ2) is 11.1. The van der Waals surface area contributed by atoms with E-state index in [9.17, 15) is 0 Å². The van der Waals surface area contributed by atoms with Crippen molar-refractivity contribution in [2.24, 2.45) is 10.9 Å². The SMILES string of the molecule is CCNC(=NCc1cccc(OCc2ccccn2)c1)NCCC(C)C. The number of aromatic nitrogens is 1. The van der Waals surface area contributed by atoms with E-state index in [0.717, 1.165) is 42.5 Å². The molecule has 0 saturated heterocycles. The number of rotatable bonds is 9. The maximum Gasteiger partial charge on any atom is 0.191 e. The molecule has 0 aliphatic heterocycles. The van der Waals surface area contributed by atoms with Crippen LogP contribution in [0, 0.1) is 5.92 Å². The monoisotopic (exact) mass is 354 g/mol. The Kier molecular flexibility index (Phi) is 8.46. The summed E-state index contributed by atoms with van der Waals surface area (Å²) in [5.41, 5.74) is 2.03. The van der Waals surface area contributed by atoms with E-state index in [1.807, 2.05) is 36.4 Å². The summed E-state index contributed by atoms with van der Waals surface area (Å²) in [5, 5.41) is 6.67. The van der Waals surface area contributed by atoms with Crippen LogP contribution in [0.3, 0.4) is 0 Å². The van der Waals surface area contributed by atoms with Gasteiger partial charge in [0.1, 0.15) is 12.4 Å². The molecule has 0 unspecified atom stereocenters. The van der Waals surface area contributed by atoms with Crippen LogP contribution in [0.1, 0.15) is 38.4 Å². The fourth-order valence-corrected chi connectivity index (χ4v) is 2.37. The molecule has 0 bridgehead atoms. The average molecular weight is 354 g/mol. The molecule has 1 aromatic heterocycles. The average Bonchev–Trinajstić information content (AvgIpc) is 2.65. The summed E-state index contributed by atoms with van der Waals surface area (Å²) in [6, 6.07) is 13.9. The molecular weight excluding hydrogens is 324 g/mol. The van der Waals surface area contributed by atoms with E-state index in [-0.39, 0.29) is 0 Å². The third-order valence-corrected chi connectivity index (χ3v) is 3.79. The Morgan fingerprint density at radius 2 is 2.04 bits per heavy atom. The molecule has 140 valence electrons. The Hall–Kier alpha value is -2.56. The highest BCUT2D eigenvalue weighted by atomic mass is 16.5. The lowest BCUT2D eigenvalue weighted by atomic mass is 10.1. The van der Waals surface area contributed by atoms with Crippen LogP contribution in [0.25, 0.3) is 0 Å². The van der Waals surface area contributed by atoms with Gasteiger partial charge in [0.25, 0.3) is 0 Å². The highest BCUT2D eigenvalue weighted by Gasteiger charge is 2.01. The van der Waals surface area contributed by atoms with Gasteiger partial charge in [-0.1, -0.05) is 32.0 Å². The Labute approximate surface area is 156 Å². The zero-order valence-electron chi connectivity index (χ0n) is 16.0. The Balaban J connectivity index is 1.90. The molecule has 0 radical (unpaired) electrons. The summed E-state index contributed by atoms with van der Waals surface area (Å²) in [5.74, 6) is 2.37. The predicted octanol–water partition coefficient (Wildman–Crippen LogP) is 3.76. The standard InChI is InChI=1S/C21H30N4O/c1-4-22-21(24-13-11-17(2)3)25-15-18-8-7-10-20(14-18)26-16-19-9-5-6-12-23-19/h5-10,12,14,17H,4,11,13,15-16H2,1-3H3,(H2,22,24,25). The van der Waals surface area contributed by atoms with Crippen LogP contribution in [0.4, 0.5) is 0 Å². The largest absolute Gasteiger partial charge is 0.487 e. The summed E-state index contributed by atoms with van der Waals surface area (Å²) in [6.45, 7) is 9.37. The van der Waals surface area contributed by atoms with Crippen LogP contribution in [-0.2, 0) is 13.2 Å². The van der Waals surface area contributed by atoms with E-state index in [0.29, 0.717) is 19.1 Å². The van der Waals surface area contributed by atoms with Crippen molar-refractivity contribution >= 4 is 5.96 Å². The van der Waals surface area contributed by atoms with E-state index in [1.165, 1.54) is 0 Å². The van der Waals surface area contributed by atoms with Gasteiger partial charge < -0.3 is 15.4 Å². The number of aliphatic imine (C=N–C) groups is 1. The van der Waals surface area contributed by atoms with E-state index >= 15 is 0 Å². The third kappa shape index (κ3) is 7.55. The number of ether oxygens (including phenoxy) is 1. The Bertz CT molecular complexity index is 671. The number of benzene rings is 1.